The third-order valence-corrected chi connectivity index (χ3v) is 7.20. The molecule has 1 atom stereocenters. The first-order chi connectivity index (χ1) is 19.0. The van der Waals surface area contributed by atoms with E-state index in [0.29, 0.717) is 31.9 Å². The number of aromatic nitrogens is 3. The van der Waals surface area contributed by atoms with Gasteiger partial charge < -0.3 is 19.9 Å². The van der Waals surface area contributed by atoms with Gasteiger partial charge in [0, 0.05) is 31.0 Å². The molecule has 1 aromatic heterocycles. The Morgan fingerprint density at radius 1 is 1.00 bits per heavy atom. The average molecular weight is 527 g/mol. The van der Waals surface area contributed by atoms with Gasteiger partial charge in [-0.15, -0.1) is 5.10 Å². The number of carbonyl (C=O) groups is 2. The van der Waals surface area contributed by atoms with Crippen molar-refractivity contribution in [3.8, 4) is 0 Å². The number of morpholine rings is 1. The molecule has 1 saturated heterocycles. The summed E-state index contributed by atoms with van der Waals surface area (Å²) in [6.45, 7) is 7.37. The van der Waals surface area contributed by atoms with Crippen LogP contribution in [0.1, 0.15) is 24.5 Å². The van der Waals surface area contributed by atoms with Crippen molar-refractivity contribution in [2.75, 3.05) is 36.5 Å². The molecule has 202 valence electrons. The van der Waals surface area contributed by atoms with Crippen molar-refractivity contribution in [3.05, 3.63) is 83.9 Å². The van der Waals surface area contributed by atoms with Crippen molar-refractivity contribution in [1.29, 1.82) is 0 Å². The first-order valence-electron chi connectivity index (χ1n) is 13.4. The number of nitrogens with zero attached hydrogens (tertiary/aromatic N) is 5. The topological polar surface area (TPSA) is 92.6 Å². The quantitative estimate of drug-likeness (QED) is 0.354. The normalized spacial score (nSPS) is 14.3. The summed E-state index contributed by atoms with van der Waals surface area (Å²) in [7, 11) is 0. The number of rotatable bonds is 9. The van der Waals surface area contributed by atoms with Gasteiger partial charge in [0.25, 0.3) is 0 Å². The lowest BCUT2D eigenvalue weighted by atomic mass is 10.1. The minimum Gasteiger partial charge on any atom is -0.378 e. The van der Waals surface area contributed by atoms with Crippen molar-refractivity contribution in [2.24, 2.45) is 0 Å². The van der Waals surface area contributed by atoms with Gasteiger partial charge in [0.05, 0.1) is 18.7 Å². The molecule has 3 aromatic carbocycles. The third-order valence-electron chi connectivity index (χ3n) is 7.20. The molecule has 1 N–H and O–H groups in total. The molecule has 0 spiro atoms. The minimum absolute atomic E-state index is 0.00950. The van der Waals surface area contributed by atoms with Crippen LogP contribution in [-0.4, -0.2) is 64.1 Å². The number of aryl methyl sites for hydroxylation is 1. The number of anilines is 2. The molecular formula is C30H34N6O3. The van der Waals surface area contributed by atoms with E-state index in [0.717, 1.165) is 40.9 Å². The van der Waals surface area contributed by atoms with E-state index in [1.165, 1.54) is 0 Å². The summed E-state index contributed by atoms with van der Waals surface area (Å²) in [6, 6.07) is 22.6. The molecule has 0 bridgehead atoms. The van der Waals surface area contributed by atoms with Crippen LogP contribution in [0.25, 0.3) is 11.0 Å². The molecule has 39 heavy (non-hydrogen) atoms. The zero-order valence-electron chi connectivity index (χ0n) is 22.4. The second-order valence-electron chi connectivity index (χ2n) is 9.74. The van der Waals surface area contributed by atoms with E-state index in [4.69, 9.17) is 4.74 Å². The zero-order chi connectivity index (χ0) is 27.2. The molecule has 5 rings (SSSR count). The van der Waals surface area contributed by atoms with Gasteiger partial charge in [-0.2, -0.15) is 0 Å². The van der Waals surface area contributed by atoms with Gasteiger partial charge in [-0.3, -0.25) is 9.59 Å². The van der Waals surface area contributed by atoms with Crippen LogP contribution in [-0.2, 0) is 27.4 Å². The number of carbonyl (C=O) groups excluding carboxylic acids is 2. The Balaban J connectivity index is 1.36. The average Bonchev–Trinajstić information content (AvgIpc) is 3.37. The lowest BCUT2D eigenvalue weighted by Gasteiger charge is -2.31. The van der Waals surface area contributed by atoms with Crippen molar-refractivity contribution < 1.29 is 14.3 Å². The number of hydrogen-bond acceptors (Lipinski definition) is 6. The van der Waals surface area contributed by atoms with Crippen LogP contribution in [0.4, 0.5) is 11.4 Å². The fourth-order valence-electron chi connectivity index (χ4n) is 4.95. The van der Waals surface area contributed by atoms with Gasteiger partial charge >= 0.3 is 0 Å². The fourth-order valence-corrected chi connectivity index (χ4v) is 4.95. The molecule has 9 nitrogen and oxygen atoms in total. The largest absolute Gasteiger partial charge is 0.378 e. The SMILES string of the molecule is CCC(C(=O)Nc1ccc(N2CCOCC2)cc1)N(Cc1ccccc1C)C(=O)Cn1nnc2ccccc21. The van der Waals surface area contributed by atoms with E-state index >= 15 is 0 Å². The maximum atomic E-state index is 13.8. The molecule has 0 aliphatic carbocycles. The highest BCUT2D eigenvalue weighted by Gasteiger charge is 2.30. The Hall–Kier alpha value is -4.24. The second-order valence-corrected chi connectivity index (χ2v) is 9.74. The monoisotopic (exact) mass is 526 g/mol. The highest BCUT2D eigenvalue weighted by molar-refractivity contribution is 5.97. The Morgan fingerprint density at radius 3 is 2.46 bits per heavy atom. The van der Waals surface area contributed by atoms with Crippen LogP contribution < -0.4 is 10.2 Å². The fraction of sp³-hybridized carbons (Fsp3) is 0.333. The minimum atomic E-state index is -0.661. The molecule has 9 heteroatoms. The van der Waals surface area contributed by atoms with Crippen molar-refractivity contribution in [3.63, 3.8) is 0 Å². The molecule has 1 aliphatic rings. The van der Waals surface area contributed by atoms with Crippen molar-refractivity contribution in [1.82, 2.24) is 19.9 Å². The molecule has 1 unspecified atom stereocenters. The lowest BCUT2D eigenvalue weighted by molar-refractivity contribution is -0.140. The van der Waals surface area contributed by atoms with Crippen LogP contribution in [0.3, 0.4) is 0 Å². The van der Waals surface area contributed by atoms with E-state index in [1.807, 2.05) is 86.6 Å². The highest BCUT2D eigenvalue weighted by atomic mass is 16.5. The lowest BCUT2D eigenvalue weighted by Crippen LogP contribution is -2.48. The van der Waals surface area contributed by atoms with Gasteiger partial charge in [-0.05, 0) is 60.9 Å². The van der Waals surface area contributed by atoms with Crippen LogP contribution >= 0.6 is 0 Å². The Bertz CT molecular complexity index is 1430. The summed E-state index contributed by atoms with van der Waals surface area (Å²) in [5, 5.41) is 11.4. The van der Waals surface area contributed by atoms with Crippen LogP contribution in [0, 0.1) is 6.92 Å². The molecule has 0 saturated carbocycles. The van der Waals surface area contributed by atoms with E-state index < -0.39 is 6.04 Å². The second kappa shape index (κ2) is 12.1. The summed E-state index contributed by atoms with van der Waals surface area (Å²) in [6.07, 6.45) is 0.466. The Morgan fingerprint density at radius 2 is 1.72 bits per heavy atom. The molecule has 0 radical (unpaired) electrons. The smallest absolute Gasteiger partial charge is 0.247 e. The van der Waals surface area contributed by atoms with Gasteiger partial charge in [0.1, 0.15) is 18.1 Å². The van der Waals surface area contributed by atoms with E-state index in [1.54, 1.807) is 9.58 Å². The maximum absolute atomic E-state index is 13.8. The number of para-hydroxylation sites is 1. The van der Waals surface area contributed by atoms with Crippen molar-refractivity contribution in [2.45, 2.75) is 39.4 Å². The number of nitrogens with one attached hydrogen (secondary N) is 1. The summed E-state index contributed by atoms with van der Waals surface area (Å²) < 4.78 is 7.04. The Kier molecular flexibility index (Phi) is 8.17. The van der Waals surface area contributed by atoms with E-state index in [-0.39, 0.29) is 18.4 Å². The number of ether oxygens (including phenoxy) is 1. The molecule has 2 amide bonds. The molecule has 1 fully saturated rings. The standard InChI is InChI=1S/C30H34N6O3/c1-3-27(30(38)31-24-12-14-25(15-13-24)34-16-18-39-19-17-34)35(20-23-9-5-4-8-22(23)2)29(37)21-36-28-11-7-6-10-26(28)32-33-36/h4-15,27H,3,16-21H2,1-2H3,(H,31,38). The van der Waals surface area contributed by atoms with E-state index in [2.05, 4.69) is 20.5 Å². The Labute approximate surface area is 228 Å². The zero-order valence-corrected chi connectivity index (χ0v) is 22.4. The van der Waals surface area contributed by atoms with Crippen LogP contribution in [0.15, 0.2) is 72.8 Å². The first-order valence-corrected chi connectivity index (χ1v) is 13.4. The maximum Gasteiger partial charge on any atom is 0.247 e. The predicted octanol–water partition coefficient (Wildman–Crippen LogP) is 4.02. The number of fused-ring (bicyclic) bond motifs is 1. The van der Waals surface area contributed by atoms with Crippen molar-refractivity contribution >= 4 is 34.2 Å². The summed E-state index contributed by atoms with van der Waals surface area (Å²) in [5.41, 5.74) is 5.35. The van der Waals surface area contributed by atoms with Gasteiger partial charge in [0.2, 0.25) is 11.8 Å². The predicted molar refractivity (Wildman–Crippen MR) is 151 cm³/mol. The van der Waals surface area contributed by atoms with E-state index in [9.17, 15) is 9.59 Å². The number of benzene rings is 3. The summed E-state index contributed by atoms with van der Waals surface area (Å²) >= 11 is 0. The van der Waals surface area contributed by atoms with Gasteiger partial charge in [-0.1, -0.05) is 48.5 Å². The molecule has 1 aliphatic heterocycles. The summed E-state index contributed by atoms with van der Waals surface area (Å²) in [4.78, 5) is 31.3. The van der Waals surface area contributed by atoms with Crippen LogP contribution in [0.5, 0.6) is 0 Å². The third kappa shape index (κ3) is 6.09. The molecule has 2 heterocycles. The summed E-state index contributed by atoms with van der Waals surface area (Å²) in [5.74, 6) is -0.416. The highest BCUT2D eigenvalue weighted by Crippen LogP contribution is 2.21. The molecular weight excluding hydrogens is 492 g/mol. The molecule has 4 aromatic rings. The van der Waals surface area contributed by atoms with Gasteiger partial charge in [0.15, 0.2) is 0 Å². The van der Waals surface area contributed by atoms with Gasteiger partial charge in [-0.25, -0.2) is 4.68 Å². The number of hydrogen-bond donors (Lipinski definition) is 1. The first kappa shape index (κ1) is 26.4. The number of amides is 2. The van der Waals surface area contributed by atoms with Crippen LogP contribution in [0.2, 0.25) is 0 Å².